The average molecular weight is 403 g/mol. The molecule has 0 amide bonds. The van der Waals surface area contributed by atoms with Crippen LogP contribution < -0.4 is 10.5 Å². The minimum atomic E-state index is -0.284. The first-order chi connectivity index (χ1) is 9.47. The second-order valence-electron chi connectivity index (χ2n) is 4.51. The van der Waals surface area contributed by atoms with Crippen LogP contribution in [0, 0.1) is 5.82 Å². The summed E-state index contributed by atoms with van der Waals surface area (Å²) < 4.78 is 20.3. The van der Waals surface area contributed by atoms with Crippen LogP contribution in [0.5, 0.6) is 5.75 Å². The fourth-order valence-corrected chi connectivity index (χ4v) is 2.60. The molecule has 0 fully saturated rings. The number of ether oxygens (including phenoxy) is 1. The molecule has 5 heteroatoms. The minimum Gasteiger partial charge on any atom is -0.489 e. The Kier molecular flexibility index (Phi) is 5.18. The van der Waals surface area contributed by atoms with Crippen LogP contribution in [0.15, 0.2) is 45.3 Å². The fraction of sp³-hybridized carbons (Fsp3) is 0.200. The molecule has 2 aromatic carbocycles. The molecule has 0 saturated heterocycles. The lowest BCUT2D eigenvalue weighted by molar-refractivity contribution is 0.301. The Labute approximate surface area is 134 Å². The topological polar surface area (TPSA) is 35.2 Å². The summed E-state index contributed by atoms with van der Waals surface area (Å²) in [5.41, 5.74) is 7.76. The monoisotopic (exact) mass is 401 g/mol. The fourth-order valence-electron chi connectivity index (χ4n) is 1.80. The highest BCUT2D eigenvalue weighted by atomic mass is 79.9. The Bertz CT molecular complexity index is 617. The summed E-state index contributed by atoms with van der Waals surface area (Å²) in [6.07, 6.45) is 0. The van der Waals surface area contributed by atoms with Crippen molar-refractivity contribution in [3.63, 3.8) is 0 Å². The van der Waals surface area contributed by atoms with Crippen molar-refractivity contribution in [2.75, 3.05) is 0 Å². The van der Waals surface area contributed by atoms with Crippen LogP contribution in [-0.4, -0.2) is 0 Å². The molecule has 0 heterocycles. The Morgan fingerprint density at radius 1 is 1.20 bits per heavy atom. The van der Waals surface area contributed by atoms with E-state index >= 15 is 0 Å². The van der Waals surface area contributed by atoms with Crippen LogP contribution in [-0.2, 0) is 6.61 Å². The lowest BCUT2D eigenvalue weighted by atomic mass is 10.1. The van der Waals surface area contributed by atoms with Gasteiger partial charge in [0.15, 0.2) is 0 Å². The molecule has 2 nitrogen and oxygen atoms in total. The van der Waals surface area contributed by atoms with Gasteiger partial charge in [-0.25, -0.2) is 4.39 Å². The van der Waals surface area contributed by atoms with E-state index in [1.807, 2.05) is 25.1 Å². The van der Waals surface area contributed by atoms with Gasteiger partial charge in [-0.15, -0.1) is 0 Å². The largest absolute Gasteiger partial charge is 0.489 e. The first kappa shape index (κ1) is 15.5. The standard InChI is InChI=1S/C15H14Br2FNO/c1-9(19)12-7-11(16)3-5-15(12)20-8-10-2-4-14(18)13(17)6-10/h2-7,9H,8,19H2,1H3/t9-/m0/s1. The summed E-state index contributed by atoms with van der Waals surface area (Å²) in [5.74, 6) is 0.456. The predicted octanol–water partition coefficient (Wildman–Crippen LogP) is 4.95. The van der Waals surface area contributed by atoms with E-state index in [9.17, 15) is 4.39 Å². The molecule has 0 spiro atoms. The quantitative estimate of drug-likeness (QED) is 0.785. The SMILES string of the molecule is C[C@H](N)c1cc(Br)ccc1OCc1ccc(F)c(Br)c1. The first-order valence-electron chi connectivity index (χ1n) is 6.09. The second-order valence-corrected chi connectivity index (χ2v) is 6.28. The van der Waals surface area contributed by atoms with Crippen LogP contribution in [0.25, 0.3) is 0 Å². The van der Waals surface area contributed by atoms with E-state index in [1.165, 1.54) is 6.07 Å². The maximum Gasteiger partial charge on any atom is 0.137 e. The maximum absolute atomic E-state index is 13.2. The smallest absolute Gasteiger partial charge is 0.137 e. The molecule has 0 aliphatic heterocycles. The third-order valence-corrected chi connectivity index (χ3v) is 3.94. The molecule has 20 heavy (non-hydrogen) atoms. The summed E-state index contributed by atoms with van der Waals surface area (Å²) >= 11 is 6.58. The van der Waals surface area contributed by atoms with E-state index in [1.54, 1.807) is 12.1 Å². The summed E-state index contributed by atoms with van der Waals surface area (Å²) in [6, 6.07) is 10.4. The number of nitrogens with two attached hydrogens (primary N) is 1. The van der Waals surface area contributed by atoms with E-state index in [2.05, 4.69) is 31.9 Å². The minimum absolute atomic E-state index is 0.123. The zero-order valence-electron chi connectivity index (χ0n) is 10.9. The highest BCUT2D eigenvalue weighted by Crippen LogP contribution is 2.28. The van der Waals surface area contributed by atoms with Gasteiger partial charge in [0.05, 0.1) is 4.47 Å². The van der Waals surface area contributed by atoms with E-state index in [0.717, 1.165) is 21.3 Å². The molecular weight excluding hydrogens is 389 g/mol. The van der Waals surface area contributed by atoms with E-state index < -0.39 is 0 Å². The molecule has 106 valence electrons. The van der Waals surface area contributed by atoms with Gasteiger partial charge in [-0.05, 0) is 58.7 Å². The normalized spacial score (nSPS) is 12.2. The summed E-state index contributed by atoms with van der Waals surface area (Å²) in [6.45, 7) is 2.27. The van der Waals surface area contributed by atoms with Gasteiger partial charge in [0.1, 0.15) is 18.2 Å². The van der Waals surface area contributed by atoms with Crippen molar-refractivity contribution >= 4 is 31.9 Å². The van der Waals surface area contributed by atoms with E-state index in [-0.39, 0.29) is 11.9 Å². The summed E-state index contributed by atoms with van der Waals surface area (Å²) in [5, 5.41) is 0. The Morgan fingerprint density at radius 2 is 1.95 bits per heavy atom. The third kappa shape index (κ3) is 3.81. The Morgan fingerprint density at radius 3 is 2.60 bits per heavy atom. The number of benzene rings is 2. The highest BCUT2D eigenvalue weighted by Gasteiger charge is 2.09. The lowest BCUT2D eigenvalue weighted by Crippen LogP contribution is -2.08. The highest BCUT2D eigenvalue weighted by molar-refractivity contribution is 9.10. The van der Waals surface area contributed by atoms with Crippen LogP contribution in [0.4, 0.5) is 4.39 Å². The molecule has 0 bridgehead atoms. The van der Waals surface area contributed by atoms with Crippen LogP contribution >= 0.6 is 31.9 Å². The molecule has 2 rings (SSSR count). The van der Waals surface area contributed by atoms with Gasteiger partial charge in [-0.3, -0.25) is 0 Å². The Hall–Kier alpha value is -0.910. The molecule has 0 radical (unpaired) electrons. The van der Waals surface area contributed by atoms with Crippen molar-refractivity contribution in [3.8, 4) is 5.75 Å². The third-order valence-electron chi connectivity index (χ3n) is 2.84. The molecular formula is C15H14Br2FNO. The predicted molar refractivity (Wildman–Crippen MR) is 85.2 cm³/mol. The summed E-state index contributed by atoms with van der Waals surface area (Å²) in [7, 11) is 0. The van der Waals surface area contributed by atoms with Crippen LogP contribution in [0.3, 0.4) is 0 Å². The van der Waals surface area contributed by atoms with Gasteiger partial charge in [-0.1, -0.05) is 22.0 Å². The lowest BCUT2D eigenvalue weighted by Gasteiger charge is -2.14. The molecule has 0 unspecified atom stereocenters. The molecule has 2 N–H and O–H groups in total. The van der Waals surface area contributed by atoms with Crippen molar-refractivity contribution in [3.05, 3.63) is 62.3 Å². The number of hydrogen-bond donors (Lipinski definition) is 1. The molecule has 1 atom stereocenters. The molecule has 0 aromatic heterocycles. The average Bonchev–Trinajstić information content (AvgIpc) is 2.41. The van der Waals surface area contributed by atoms with Gasteiger partial charge in [0.25, 0.3) is 0 Å². The van der Waals surface area contributed by atoms with E-state index in [0.29, 0.717) is 11.1 Å². The molecule has 0 aliphatic carbocycles. The zero-order valence-corrected chi connectivity index (χ0v) is 14.0. The van der Waals surface area contributed by atoms with Crippen molar-refractivity contribution in [2.24, 2.45) is 5.73 Å². The van der Waals surface area contributed by atoms with Gasteiger partial charge in [0.2, 0.25) is 0 Å². The zero-order chi connectivity index (χ0) is 14.7. The molecule has 0 aliphatic rings. The van der Waals surface area contributed by atoms with Crippen LogP contribution in [0.2, 0.25) is 0 Å². The van der Waals surface area contributed by atoms with Gasteiger partial charge in [0, 0.05) is 16.1 Å². The molecule has 0 saturated carbocycles. The van der Waals surface area contributed by atoms with E-state index in [4.69, 9.17) is 10.5 Å². The molecule has 2 aromatic rings. The Balaban J connectivity index is 2.16. The van der Waals surface area contributed by atoms with Crippen LogP contribution in [0.1, 0.15) is 24.1 Å². The second kappa shape index (κ2) is 6.70. The summed E-state index contributed by atoms with van der Waals surface area (Å²) in [4.78, 5) is 0. The van der Waals surface area contributed by atoms with Crippen molar-refractivity contribution in [1.29, 1.82) is 0 Å². The van der Waals surface area contributed by atoms with Gasteiger partial charge in [-0.2, -0.15) is 0 Å². The van der Waals surface area contributed by atoms with Gasteiger partial charge < -0.3 is 10.5 Å². The number of rotatable bonds is 4. The van der Waals surface area contributed by atoms with Crippen molar-refractivity contribution in [1.82, 2.24) is 0 Å². The van der Waals surface area contributed by atoms with Crippen molar-refractivity contribution < 1.29 is 9.13 Å². The number of hydrogen-bond acceptors (Lipinski definition) is 2. The van der Waals surface area contributed by atoms with Crippen molar-refractivity contribution in [2.45, 2.75) is 19.6 Å². The first-order valence-corrected chi connectivity index (χ1v) is 7.67. The number of halogens is 3. The maximum atomic E-state index is 13.2. The van der Waals surface area contributed by atoms with Gasteiger partial charge >= 0.3 is 0 Å².